The highest BCUT2D eigenvalue weighted by molar-refractivity contribution is 5.91. The molecule has 0 aromatic heterocycles. The van der Waals surface area contributed by atoms with Crippen LogP contribution in [0.5, 0.6) is 0 Å². The van der Waals surface area contributed by atoms with Crippen LogP contribution in [0, 0.1) is 0 Å². The molecule has 11 aromatic rings. The third-order valence-electron chi connectivity index (χ3n) is 11.7. The third-order valence-corrected chi connectivity index (χ3v) is 11.7. The highest BCUT2D eigenvalue weighted by Crippen LogP contribution is 2.38. The maximum atomic E-state index is 2.26. The second-order valence-electron chi connectivity index (χ2n) is 16.0. The Bertz CT molecular complexity index is 2980. The fourth-order valence-electron chi connectivity index (χ4n) is 8.33. The van der Waals surface area contributed by atoms with Gasteiger partial charge < -0.3 is 0 Å². The molecule has 0 amide bonds. The zero-order valence-corrected chi connectivity index (χ0v) is 70.9. The summed E-state index contributed by atoms with van der Waals surface area (Å²) in [6.07, 6.45) is 0. The Morgan fingerprint density at radius 3 is 0.360 bits per heavy atom. The van der Waals surface area contributed by atoms with Crippen LogP contribution in [0.4, 0.5) is 0 Å². The van der Waals surface area contributed by atoms with Gasteiger partial charge in [-0.25, -0.2) is 0 Å². The predicted octanol–water partition coefficient (Wildman–Crippen LogP) is 35.8. The SMILES string of the molecule is CC.CC.CC.CC.CC.CC.CC.CC.CC.CC.CC.CC.CC.CC.CC.CC.CC.c1ccc(-c2cccc(-c3cccc(-c4ccccc4)c3)c2)cc1.c1ccc(-c2cccc(-c3ccccc3)c2)cc1.c1ccc(-c2ccccc2-c2ccccc2-c2ccccc2)cc1. The highest BCUT2D eigenvalue weighted by Gasteiger charge is 2.12. The smallest absolute Gasteiger partial charge is 0.00992 e. The van der Waals surface area contributed by atoms with Crippen LogP contribution in [0.2, 0.25) is 0 Å². The van der Waals surface area contributed by atoms with Crippen molar-refractivity contribution in [3.8, 4) is 89.0 Å². The summed E-state index contributed by atoms with van der Waals surface area (Å²) in [5.41, 5.74) is 20.1. The van der Waals surface area contributed by atoms with Gasteiger partial charge in [0.1, 0.15) is 0 Å². The summed E-state index contributed by atoms with van der Waals surface area (Å²) in [4.78, 5) is 0. The van der Waals surface area contributed by atoms with Gasteiger partial charge in [-0.05, 0) is 107 Å². The van der Waals surface area contributed by atoms with Crippen LogP contribution in [-0.4, -0.2) is 0 Å². The molecule has 552 valence electrons. The van der Waals surface area contributed by atoms with E-state index in [2.05, 4.69) is 291 Å². The van der Waals surface area contributed by atoms with Crippen molar-refractivity contribution in [2.45, 2.75) is 235 Å². The lowest BCUT2D eigenvalue weighted by Crippen LogP contribution is -1.88. The van der Waals surface area contributed by atoms with Crippen LogP contribution in [0.25, 0.3) is 89.0 Å². The van der Waals surface area contributed by atoms with Crippen LogP contribution >= 0.6 is 0 Å². The van der Waals surface area contributed by atoms with Crippen LogP contribution in [0.1, 0.15) is 235 Å². The third kappa shape index (κ3) is 45.9. The summed E-state index contributed by atoms with van der Waals surface area (Å²) in [5.74, 6) is 0. The summed E-state index contributed by atoms with van der Waals surface area (Å²) in [7, 11) is 0. The molecule has 0 bridgehead atoms. The van der Waals surface area contributed by atoms with Crippen molar-refractivity contribution in [1.29, 1.82) is 0 Å². The number of benzene rings is 11. The molecule has 0 aliphatic carbocycles. The van der Waals surface area contributed by atoms with Gasteiger partial charge in [0.05, 0.1) is 0 Å². The van der Waals surface area contributed by atoms with Crippen LogP contribution in [0.3, 0.4) is 0 Å². The molecule has 0 aliphatic rings. The molecular weight excluding hydrogens is 1200 g/mol. The molecule has 0 nitrogen and oxygen atoms in total. The van der Waals surface area contributed by atoms with Crippen LogP contribution in [0.15, 0.2) is 303 Å². The minimum Gasteiger partial charge on any atom is -0.0683 e. The summed E-state index contributed by atoms with van der Waals surface area (Å²) >= 11 is 0. The second kappa shape index (κ2) is 90.4. The summed E-state index contributed by atoms with van der Waals surface area (Å²) < 4.78 is 0. The van der Waals surface area contributed by atoms with Crippen molar-refractivity contribution >= 4 is 0 Å². The largest absolute Gasteiger partial charge is 0.0683 e. The van der Waals surface area contributed by atoms with E-state index in [-0.39, 0.29) is 0 Å². The normalized spacial score (nSPS) is 7.90. The van der Waals surface area contributed by atoms with Crippen molar-refractivity contribution in [2.75, 3.05) is 0 Å². The van der Waals surface area contributed by atoms with E-state index in [1.54, 1.807) is 0 Å². The lowest BCUT2D eigenvalue weighted by molar-refractivity contribution is 1.50. The van der Waals surface area contributed by atoms with Crippen LogP contribution in [-0.2, 0) is 0 Å². The van der Waals surface area contributed by atoms with E-state index in [0.717, 1.165) is 0 Å². The topological polar surface area (TPSA) is 0 Å². The quantitative estimate of drug-likeness (QED) is 0.142. The molecular formula is C100H152. The molecule has 0 atom stereocenters. The molecule has 0 heteroatoms. The molecule has 0 fully saturated rings. The van der Waals surface area contributed by atoms with Gasteiger partial charge in [-0.2, -0.15) is 0 Å². The molecule has 0 unspecified atom stereocenters. The Labute approximate surface area is 624 Å². The zero-order chi connectivity index (χ0) is 78.6. The van der Waals surface area contributed by atoms with Crippen molar-refractivity contribution in [3.05, 3.63) is 303 Å². The van der Waals surface area contributed by atoms with E-state index >= 15 is 0 Å². The lowest BCUT2D eigenvalue weighted by Gasteiger charge is -2.14. The first-order chi connectivity index (χ1) is 49.8. The van der Waals surface area contributed by atoms with Crippen LogP contribution < -0.4 is 0 Å². The number of hydrogen-bond donors (Lipinski definition) is 0. The Morgan fingerprint density at radius 1 is 0.0900 bits per heavy atom. The number of rotatable bonds is 8. The average Bonchev–Trinajstić information content (AvgIpc) is 0.803. The van der Waals surface area contributed by atoms with Gasteiger partial charge in [0.25, 0.3) is 0 Å². The predicted molar refractivity (Wildman–Crippen MR) is 476 cm³/mol. The maximum Gasteiger partial charge on any atom is -0.00992 e. The van der Waals surface area contributed by atoms with Crippen molar-refractivity contribution in [3.63, 3.8) is 0 Å². The van der Waals surface area contributed by atoms with Gasteiger partial charge in [0.15, 0.2) is 0 Å². The van der Waals surface area contributed by atoms with E-state index in [0.29, 0.717) is 0 Å². The Hall–Kier alpha value is -8.58. The molecule has 0 saturated carbocycles. The molecule has 100 heavy (non-hydrogen) atoms. The second-order valence-corrected chi connectivity index (χ2v) is 16.0. The van der Waals surface area contributed by atoms with E-state index < -0.39 is 0 Å². The van der Waals surface area contributed by atoms with E-state index in [1.807, 2.05) is 248 Å². The van der Waals surface area contributed by atoms with Crippen molar-refractivity contribution in [2.24, 2.45) is 0 Å². The average molecular weight is 1350 g/mol. The minimum atomic E-state index is 1.24. The fraction of sp³-hybridized carbons (Fsp3) is 0.340. The summed E-state index contributed by atoms with van der Waals surface area (Å²) in [6.45, 7) is 68.0. The van der Waals surface area contributed by atoms with Gasteiger partial charge in [0.2, 0.25) is 0 Å². The summed E-state index contributed by atoms with van der Waals surface area (Å²) in [5, 5.41) is 0. The summed E-state index contributed by atoms with van der Waals surface area (Å²) in [6, 6.07) is 107. The monoisotopic (exact) mass is 1350 g/mol. The molecule has 0 spiro atoms. The highest BCUT2D eigenvalue weighted by atomic mass is 14.2. The van der Waals surface area contributed by atoms with Gasteiger partial charge in [-0.1, -0.05) is 521 Å². The molecule has 11 rings (SSSR count). The number of hydrogen-bond acceptors (Lipinski definition) is 0. The Kier molecular flexibility index (Phi) is 99.5. The van der Waals surface area contributed by atoms with E-state index in [9.17, 15) is 0 Å². The van der Waals surface area contributed by atoms with Gasteiger partial charge in [0, 0.05) is 0 Å². The Morgan fingerprint density at radius 2 is 0.200 bits per heavy atom. The molecule has 0 aliphatic heterocycles. The molecule has 0 heterocycles. The minimum absolute atomic E-state index is 1.24. The van der Waals surface area contributed by atoms with E-state index in [4.69, 9.17) is 0 Å². The van der Waals surface area contributed by atoms with Gasteiger partial charge in [-0.15, -0.1) is 0 Å². The fourth-order valence-corrected chi connectivity index (χ4v) is 8.33. The maximum absolute atomic E-state index is 2.26. The van der Waals surface area contributed by atoms with E-state index in [1.165, 1.54) is 89.0 Å². The molecule has 0 saturated heterocycles. The first-order valence-electron chi connectivity index (χ1n) is 39.6. The van der Waals surface area contributed by atoms with Gasteiger partial charge in [-0.3, -0.25) is 0 Å². The molecule has 0 N–H and O–H groups in total. The van der Waals surface area contributed by atoms with Crippen molar-refractivity contribution < 1.29 is 0 Å². The Balaban J connectivity index is -0.000000147. The lowest BCUT2D eigenvalue weighted by atomic mass is 9.89. The van der Waals surface area contributed by atoms with Crippen molar-refractivity contribution in [1.82, 2.24) is 0 Å². The molecule has 0 radical (unpaired) electrons. The molecule has 11 aromatic carbocycles. The van der Waals surface area contributed by atoms with Gasteiger partial charge >= 0.3 is 0 Å². The first kappa shape index (κ1) is 110. The first-order valence-corrected chi connectivity index (χ1v) is 39.6. The zero-order valence-electron chi connectivity index (χ0n) is 70.9. The standard InChI is InChI=1S/2C24H18.C18H14.17C2H6/c1-3-11-19(12-4-1)21-15-7-9-17-23(21)24-18-10-8-16-22(24)20-13-5-2-6-14-20;1-3-9-19(10-4-1)21-13-7-15-23(17-21)24-16-8-14-22(18-24)20-11-5-2-6-12-20;1-3-8-15(9-4-1)17-12-7-13-18(14-17)16-10-5-2-6-11-16;17*1-2/h2*1-18H;1-14H;17*1-2H3.